The Hall–Kier alpha value is -3.36. The maximum Gasteiger partial charge on any atom is 0.387 e. The molecule has 0 saturated carbocycles. The number of aliphatic imine (C=N–C) groups is 1. The topological polar surface area (TPSA) is 85.0 Å². The fourth-order valence-corrected chi connectivity index (χ4v) is 3.35. The first kappa shape index (κ1) is 21.4. The molecular weight excluding hydrogens is 399 g/mol. The van der Waals surface area contributed by atoms with E-state index in [0.717, 1.165) is 0 Å². The van der Waals surface area contributed by atoms with Gasteiger partial charge in [-0.05, 0) is 35.7 Å². The number of nitrogens with zero attached hydrogens (tertiary/aromatic N) is 2. The summed E-state index contributed by atoms with van der Waals surface area (Å²) in [5.74, 6) is -0.825. The number of benzene rings is 2. The van der Waals surface area contributed by atoms with Gasteiger partial charge in [-0.1, -0.05) is 30.3 Å². The van der Waals surface area contributed by atoms with Gasteiger partial charge in [-0.3, -0.25) is 18.9 Å². The summed E-state index contributed by atoms with van der Waals surface area (Å²) in [6.45, 7) is -3.59. The number of carbonyl (C=O) groups is 2. The molecule has 30 heavy (non-hydrogen) atoms. The summed E-state index contributed by atoms with van der Waals surface area (Å²) >= 11 is 0. The predicted molar refractivity (Wildman–Crippen MR) is 104 cm³/mol. The molecule has 1 aliphatic heterocycles. The number of ketones is 1. The molecule has 9 heteroatoms. The van der Waals surface area contributed by atoms with Gasteiger partial charge in [0.25, 0.3) is 5.91 Å². The first-order valence-electron chi connectivity index (χ1n) is 9.18. The van der Waals surface area contributed by atoms with Gasteiger partial charge in [0.2, 0.25) is 0 Å². The van der Waals surface area contributed by atoms with Crippen molar-refractivity contribution in [1.82, 2.24) is 4.90 Å². The van der Waals surface area contributed by atoms with Crippen LogP contribution in [0, 0.1) is 0 Å². The summed E-state index contributed by atoms with van der Waals surface area (Å²) in [5, 5.41) is 0. The first-order valence-corrected chi connectivity index (χ1v) is 9.18. The Morgan fingerprint density at radius 1 is 1.20 bits per heavy atom. The van der Waals surface area contributed by atoms with Crippen LogP contribution in [0.25, 0.3) is 0 Å². The van der Waals surface area contributed by atoms with Crippen LogP contribution < -0.4 is 10.5 Å². The maximum atomic E-state index is 13.2. The molecule has 0 spiro atoms. The van der Waals surface area contributed by atoms with Crippen LogP contribution in [0.4, 0.5) is 13.2 Å². The standard InChI is InChI=1S/C21H20F3N3O3/c1-27-18(29)21(26-20(27)25,14-7-9-16(10-8-14)30-19(23)24)15-5-2-4-13(12-15)17(28)6-3-11-22/h2,4-5,7-10,12,19H,3,6,11H2,1H3,(H2,25,26). The van der Waals surface area contributed by atoms with Crippen LogP contribution in [0.3, 0.4) is 0 Å². The minimum Gasteiger partial charge on any atom is -0.435 e. The number of carbonyl (C=O) groups excluding carboxylic acids is 2. The summed E-state index contributed by atoms with van der Waals surface area (Å²) < 4.78 is 41.7. The summed E-state index contributed by atoms with van der Waals surface area (Å²) in [4.78, 5) is 31.1. The molecule has 1 aliphatic rings. The number of nitrogens with two attached hydrogens (primary N) is 1. The lowest BCUT2D eigenvalue weighted by atomic mass is 9.82. The van der Waals surface area contributed by atoms with Gasteiger partial charge in [0.05, 0.1) is 6.67 Å². The lowest BCUT2D eigenvalue weighted by Gasteiger charge is -2.26. The monoisotopic (exact) mass is 419 g/mol. The van der Waals surface area contributed by atoms with Crippen molar-refractivity contribution in [2.75, 3.05) is 13.7 Å². The number of hydrogen-bond acceptors (Lipinski definition) is 5. The average molecular weight is 419 g/mol. The molecule has 158 valence electrons. The highest BCUT2D eigenvalue weighted by Gasteiger charge is 2.49. The average Bonchev–Trinajstić information content (AvgIpc) is 2.97. The zero-order valence-electron chi connectivity index (χ0n) is 16.1. The highest BCUT2D eigenvalue weighted by molar-refractivity contribution is 6.09. The Kier molecular flexibility index (Phi) is 6.09. The molecule has 1 unspecified atom stereocenters. The van der Waals surface area contributed by atoms with E-state index in [1.165, 1.54) is 42.3 Å². The maximum absolute atomic E-state index is 13.2. The molecule has 0 aliphatic carbocycles. The van der Waals surface area contributed by atoms with E-state index < -0.39 is 24.7 Å². The van der Waals surface area contributed by atoms with E-state index in [2.05, 4.69) is 9.73 Å². The highest BCUT2D eigenvalue weighted by Crippen LogP contribution is 2.40. The number of likely N-dealkylation sites (N-methyl/N-ethyl adjacent to an activating group) is 1. The van der Waals surface area contributed by atoms with Gasteiger partial charge in [-0.25, -0.2) is 4.99 Å². The zero-order valence-corrected chi connectivity index (χ0v) is 16.1. The second kappa shape index (κ2) is 8.56. The Balaban J connectivity index is 2.09. The number of guanidine groups is 1. The molecule has 2 N–H and O–H groups in total. The van der Waals surface area contributed by atoms with E-state index in [1.807, 2.05) is 0 Å². The second-order valence-corrected chi connectivity index (χ2v) is 6.74. The van der Waals surface area contributed by atoms with Crippen LogP contribution in [-0.4, -0.2) is 42.9 Å². The highest BCUT2D eigenvalue weighted by atomic mass is 19.3. The fraction of sp³-hybridized carbons (Fsp3) is 0.286. The Morgan fingerprint density at radius 3 is 2.47 bits per heavy atom. The van der Waals surface area contributed by atoms with Gasteiger partial charge >= 0.3 is 6.61 Å². The van der Waals surface area contributed by atoms with E-state index in [4.69, 9.17) is 5.73 Å². The van der Waals surface area contributed by atoms with Crippen molar-refractivity contribution >= 4 is 17.6 Å². The number of Topliss-reactive ketones (excluding diaryl/α,β-unsaturated/α-hetero) is 1. The molecule has 0 bridgehead atoms. The first-order chi connectivity index (χ1) is 14.3. The largest absolute Gasteiger partial charge is 0.435 e. The van der Waals surface area contributed by atoms with Gasteiger partial charge < -0.3 is 10.5 Å². The summed E-state index contributed by atoms with van der Waals surface area (Å²) in [6, 6.07) is 11.8. The molecule has 1 heterocycles. The normalized spacial score (nSPS) is 18.6. The van der Waals surface area contributed by atoms with E-state index in [0.29, 0.717) is 16.7 Å². The Labute approximate surface area is 171 Å². The minimum absolute atomic E-state index is 0.0259. The van der Waals surface area contributed by atoms with Gasteiger partial charge in [0, 0.05) is 19.0 Å². The molecule has 1 atom stereocenters. The van der Waals surface area contributed by atoms with Crippen molar-refractivity contribution in [1.29, 1.82) is 0 Å². The molecule has 2 aromatic rings. The van der Waals surface area contributed by atoms with Crippen LogP contribution in [0.2, 0.25) is 0 Å². The van der Waals surface area contributed by atoms with E-state index in [9.17, 15) is 22.8 Å². The van der Waals surface area contributed by atoms with Gasteiger partial charge in [0.15, 0.2) is 17.3 Å². The molecule has 6 nitrogen and oxygen atoms in total. The molecule has 1 amide bonds. The summed E-state index contributed by atoms with van der Waals surface area (Å²) in [7, 11) is 1.47. The van der Waals surface area contributed by atoms with Crippen molar-refractivity contribution in [3.05, 3.63) is 65.2 Å². The van der Waals surface area contributed by atoms with Crippen LogP contribution in [0.5, 0.6) is 5.75 Å². The quantitative estimate of drug-likeness (QED) is 0.666. The van der Waals surface area contributed by atoms with Crippen LogP contribution in [0.1, 0.15) is 34.3 Å². The SMILES string of the molecule is CN1C(=O)C(c2ccc(OC(F)F)cc2)(c2cccc(C(=O)CCCF)c2)N=C1N. The van der Waals surface area contributed by atoms with Crippen LogP contribution in [0.15, 0.2) is 53.5 Å². The molecular formula is C21H20F3N3O3. The number of rotatable bonds is 8. The third kappa shape index (κ3) is 3.87. The molecule has 0 saturated heterocycles. The molecule has 0 fully saturated rings. The number of hydrogen-bond donors (Lipinski definition) is 1. The second-order valence-electron chi connectivity index (χ2n) is 6.74. The summed E-state index contributed by atoms with van der Waals surface area (Å²) in [5.41, 5.74) is 5.38. The number of ether oxygens (including phenoxy) is 1. The van der Waals surface area contributed by atoms with Gasteiger partial charge in [0.1, 0.15) is 5.75 Å². The van der Waals surface area contributed by atoms with Crippen LogP contribution >= 0.6 is 0 Å². The fourth-order valence-electron chi connectivity index (χ4n) is 3.35. The van der Waals surface area contributed by atoms with Gasteiger partial charge in [-0.15, -0.1) is 0 Å². The Bertz CT molecular complexity index is 979. The lowest BCUT2D eigenvalue weighted by Crippen LogP contribution is -2.41. The van der Waals surface area contributed by atoms with Crippen molar-refractivity contribution in [3.63, 3.8) is 0 Å². The number of alkyl halides is 3. The van der Waals surface area contributed by atoms with E-state index in [1.54, 1.807) is 18.2 Å². The van der Waals surface area contributed by atoms with Crippen molar-refractivity contribution < 1.29 is 27.5 Å². The number of halogens is 3. The third-order valence-corrected chi connectivity index (χ3v) is 4.88. The Morgan fingerprint density at radius 2 is 1.90 bits per heavy atom. The molecule has 0 aromatic heterocycles. The summed E-state index contributed by atoms with van der Waals surface area (Å²) in [6.07, 6.45) is 0.137. The number of amides is 1. The molecule has 2 aromatic carbocycles. The van der Waals surface area contributed by atoms with Crippen molar-refractivity contribution in [2.45, 2.75) is 25.0 Å². The van der Waals surface area contributed by atoms with E-state index >= 15 is 0 Å². The molecule has 0 radical (unpaired) electrons. The van der Waals surface area contributed by atoms with Gasteiger partial charge in [-0.2, -0.15) is 8.78 Å². The van der Waals surface area contributed by atoms with Crippen molar-refractivity contribution in [3.8, 4) is 5.75 Å². The predicted octanol–water partition coefficient (Wildman–Crippen LogP) is 3.25. The third-order valence-electron chi connectivity index (χ3n) is 4.88. The van der Waals surface area contributed by atoms with Crippen LogP contribution in [-0.2, 0) is 10.3 Å². The van der Waals surface area contributed by atoms with E-state index in [-0.39, 0.29) is 30.3 Å². The molecule has 3 rings (SSSR count). The van der Waals surface area contributed by atoms with Crippen molar-refractivity contribution in [2.24, 2.45) is 10.7 Å². The lowest BCUT2D eigenvalue weighted by molar-refractivity contribution is -0.129. The minimum atomic E-state index is -2.98. The smallest absolute Gasteiger partial charge is 0.387 e. The zero-order chi connectivity index (χ0) is 21.9.